The summed E-state index contributed by atoms with van der Waals surface area (Å²) in [4.78, 5) is 12.1. The second-order valence-corrected chi connectivity index (χ2v) is 6.45. The summed E-state index contributed by atoms with van der Waals surface area (Å²) in [5.41, 5.74) is 1.00. The van der Waals surface area contributed by atoms with Crippen LogP contribution in [0.25, 0.3) is 0 Å². The monoisotopic (exact) mass is 336 g/mol. The summed E-state index contributed by atoms with van der Waals surface area (Å²) in [5.74, 6) is 0. The van der Waals surface area contributed by atoms with Crippen LogP contribution in [-0.2, 0) is 11.6 Å². The largest absolute Gasteiger partial charge is 0.416 e. The molecule has 0 aliphatic rings. The summed E-state index contributed by atoms with van der Waals surface area (Å²) >= 11 is 0. The molecule has 2 amide bonds. The summed E-state index contributed by atoms with van der Waals surface area (Å²) in [7, 11) is 0. The van der Waals surface area contributed by atoms with E-state index in [2.05, 4.69) is 10.6 Å². The maximum atomic E-state index is 12.5. The van der Waals surface area contributed by atoms with E-state index >= 15 is 0 Å². The van der Waals surface area contributed by atoms with Gasteiger partial charge in [-0.05, 0) is 41.3 Å². The highest BCUT2D eigenvalue weighted by atomic mass is 19.4. The van der Waals surface area contributed by atoms with Crippen LogP contribution in [0.3, 0.4) is 0 Å². The van der Waals surface area contributed by atoms with Gasteiger partial charge in [0, 0.05) is 11.4 Å². The minimum Gasteiger partial charge on any atom is -0.308 e. The van der Waals surface area contributed by atoms with Crippen molar-refractivity contribution in [1.82, 2.24) is 0 Å². The SMILES string of the molecule is CC(C)(C)c1ccccc1NC(=O)Nc1ccc(C(F)(F)F)cc1. The third-order valence-electron chi connectivity index (χ3n) is 3.45. The van der Waals surface area contributed by atoms with Gasteiger partial charge in [0.2, 0.25) is 0 Å². The van der Waals surface area contributed by atoms with E-state index in [1.807, 2.05) is 39.0 Å². The molecule has 0 aliphatic carbocycles. The van der Waals surface area contributed by atoms with Gasteiger partial charge in [-0.1, -0.05) is 39.0 Å². The van der Waals surface area contributed by atoms with E-state index in [1.54, 1.807) is 6.07 Å². The molecule has 0 saturated heterocycles. The fourth-order valence-electron chi connectivity index (χ4n) is 2.27. The van der Waals surface area contributed by atoms with E-state index < -0.39 is 17.8 Å². The smallest absolute Gasteiger partial charge is 0.308 e. The Kier molecular flexibility index (Phi) is 4.87. The maximum Gasteiger partial charge on any atom is 0.416 e. The first-order valence-electron chi connectivity index (χ1n) is 7.42. The highest BCUT2D eigenvalue weighted by Crippen LogP contribution is 2.31. The standard InChI is InChI=1S/C18H19F3N2O/c1-17(2,3)14-6-4-5-7-15(14)23-16(24)22-13-10-8-12(9-11-13)18(19,20)21/h4-11H,1-3H3,(H2,22,23,24). The number of hydrogen-bond acceptors (Lipinski definition) is 1. The Labute approximate surface area is 138 Å². The van der Waals surface area contributed by atoms with E-state index in [4.69, 9.17) is 0 Å². The van der Waals surface area contributed by atoms with Gasteiger partial charge in [0.1, 0.15) is 0 Å². The van der Waals surface area contributed by atoms with Crippen LogP contribution in [0.1, 0.15) is 31.9 Å². The van der Waals surface area contributed by atoms with Crippen molar-refractivity contribution in [3.05, 3.63) is 59.7 Å². The number of hydrogen-bond donors (Lipinski definition) is 2. The molecule has 2 aromatic carbocycles. The van der Waals surface area contributed by atoms with Crippen molar-refractivity contribution in [1.29, 1.82) is 0 Å². The van der Waals surface area contributed by atoms with Crippen molar-refractivity contribution < 1.29 is 18.0 Å². The number of nitrogens with one attached hydrogen (secondary N) is 2. The average molecular weight is 336 g/mol. The number of alkyl halides is 3. The lowest BCUT2D eigenvalue weighted by atomic mass is 9.86. The number of rotatable bonds is 2. The molecule has 6 heteroatoms. The molecule has 2 N–H and O–H groups in total. The number of urea groups is 1. The van der Waals surface area contributed by atoms with E-state index in [1.165, 1.54) is 12.1 Å². The fourth-order valence-corrected chi connectivity index (χ4v) is 2.27. The predicted molar refractivity (Wildman–Crippen MR) is 89.2 cm³/mol. The van der Waals surface area contributed by atoms with Gasteiger partial charge >= 0.3 is 12.2 Å². The number of halogens is 3. The number of anilines is 2. The molecular formula is C18H19F3N2O. The van der Waals surface area contributed by atoms with Crippen LogP contribution in [0.4, 0.5) is 29.3 Å². The van der Waals surface area contributed by atoms with Crippen molar-refractivity contribution in [3.8, 4) is 0 Å². The van der Waals surface area contributed by atoms with Crippen molar-refractivity contribution in [2.75, 3.05) is 10.6 Å². The molecule has 128 valence electrons. The van der Waals surface area contributed by atoms with Crippen molar-refractivity contribution in [2.24, 2.45) is 0 Å². The molecular weight excluding hydrogens is 317 g/mol. The minimum absolute atomic E-state index is 0.155. The van der Waals surface area contributed by atoms with Crippen LogP contribution in [0.15, 0.2) is 48.5 Å². The third-order valence-corrected chi connectivity index (χ3v) is 3.45. The lowest BCUT2D eigenvalue weighted by Crippen LogP contribution is -2.22. The zero-order chi connectivity index (χ0) is 18.0. The van der Waals surface area contributed by atoms with Crippen LogP contribution < -0.4 is 10.6 Å². The van der Waals surface area contributed by atoms with Crippen molar-refractivity contribution >= 4 is 17.4 Å². The Balaban J connectivity index is 2.10. The molecule has 0 fully saturated rings. The average Bonchev–Trinajstić information content (AvgIpc) is 2.46. The van der Waals surface area contributed by atoms with Crippen LogP contribution in [0.2, 0.25) is 0 Å². The summed E-state index contributed by atoms with van der Waals surface area (Å²) < 4.78 is 37.6. The molecule has 2 aromatic rings. The van der Waals surface area contributed by atoms with E-state index in [-0.39, 0.29) is 11.1 Å². The van der Waals surface area contributed by atoms with Gasteiger partial charge < -0.3 is 10.6 Å². The molecule has 0 aromatic heterocycles. The lowest BCUT2D eigenvalue weighted by Gasteiger charge is -2.23. The van der Waals surface area contributed by atoms with Gasteiger partial charge in [0.05, 0.1) is 5.56 Å². The zero-order valence-corrected chi connectivity index (χ0v) is 13.7. The lowest BCUT2D eigenvalue weighted by molar-refractivity contribution is -0.137. The minimum atomic E-state index is -4.40. The first kappa shape index (κ1) is 17.8. The van der Waals surface area contributed by atoms with Crippen LogP contribution in [0.5, 0.6) is 0 Å². The van der Waals surface area contributed by atoms with Gasteiger partial charge in [-0.15, -0.1) is 0 Å². The molecule has 0 radical (unpaired) electrons. The van der Waals surface area contributed by atoms with Gasteiger partial charge in [-0.25, -0.2) is 4.79 Å². The fraction of sp³-hybridized carbons (Fsp3) is 0.278. The number of amides is 2. The van der Waals surface area contributed by atoms with Gasteiger partial charge in [0.15, 0.2) is 0 Å². The first-order chi connectivity index (χ1) is 11.1. The van der Waals surface area contributed by atoms with E-state index in [0.717, 1.165) is 17.7 Å². The van der Waals surface area contributed by atoms with Crippen LogP contribution >= 0.6 is 0 Å². The Morgan fingerprint density at radius 3 is 2.00 bits per heavy atom. The van der Waals surface area contributed by atoms with Gasteiger partial charge in [-0.2, -0.15) is 13.2 Å². The molecule has 0 atom stereocenters. The molecule has 0 unspecified atom stereocenters. The van der Waals surface area contributed by atoms with Gasteiger partial charge in [-0.3, -0.25) is 0 Å². The number of carbonyl (C=O) groups excluding carboxylic acids is 1. The second-order valence-electron chi connectivity index (χ2n) is 6.45. The molecule has 0 bridgehead atoms. The molecule has 0 heterocycles. The van der Waals surface area contributed by atoms with Crippen LogP contribution in [-0.4, -0.2) is 6.03 Å². The predicted octanol–water partition coefficient (Wildman–Crippen LogP) is 5.65. The van der Waals surface area contributed by atoms with Gasteiger partial charge in [0.25, 0.3) is 0 Å². The van der Waals surface area contributed by atoms with Crippen LogP contribution in [0, 0.1) is 0 Å². The highest BCUT2D eigenvalue weighted by Gasteiger charge is 2.30. The number of benzene rings is 2. The van der Waals surface area contributed by atoms with Crippen molar-refractivity contribution in [3.63, 3.8) is 0 Å². The summed E-state index contributed by atoms with van der Waals surface area (Å²) in [6.45, 7) is 6.09. The molecule has 24 heavy (non-hydrogen) atoms. The maximum absolute atomic E-state index is 12.5. The first-order valence-corrected chi connectivity index (χ1v) is 7.42. The number of para-hydroxylation sites is 1. The zero-order valence-electron chi connectivity index (χ0n) is 13.7. The highest BCUT2D eigenvalue weighted by molar-refractivity contribution is 6.00. The Morgan fingerprint density at radius 1 is 0.875 bits per heavy atom. The Bertz CT molecular complexity index is 716. The molecule has 2 rings (SSSR count). The summed E-state index contributed by atoms with van der Waals surface area (Å²) in [6, 6.07) is 11.2. The number of carbonyl (C=O) groups is 1. The Morgan fingerprint density at radius 2 is 1.46 bits per heavy atom. The summed E-state index contributed by atoms with van der Waals surface area (Å²) in [6.07, 6.45) is -4.40. The second kappa shape index (κ2) is 6.55. The Hall–Kier alpha value is -2.50. The molecule has 0 spiro atoms. The normalized spacial score (nSPS) is 11.9. The molecule has 3 nitrogen and oxygen atoms in total. The third kappa shape index (κ3) is 4.50. The van der Waals surface area contributed by atoms with E-state index in [9.17, 15) is 18.0 Å². The molecule has 0 saturated carbocycles. The summed E-state index contributed by atoms with van der Waals surface area (Å²) in [5, 5.41) is 5.27. The van der Waals surface area contributed by atoms with E-state index in [0.29, 0.717) is 5.69 Å². The molecule has 0 aliphatic heterocycles. The van der Waals surface area contributed by atoms with Crippen molar-refractivity contribution in [2.45, 2.75) is 32.4 Å². The topological polar surface area (TPSA) is 41.1 Å². The quantitative estimate of drug-likeness (QED) is 0.731.